The molecule has 9 unspecified atom stereocenters. The van der Waals surface area contributed by atoms with Crippen LogP contribution in [0.5, 0.6) is 0 Å². The molecule has 0 aromatic rings. The van der Waals surface area contributed by atoms with Crippen LogP contribution in [0.15, 0.2) is 0 Å². The van der Waals surface area contributed by atoms with Crippen LogP contribution in [0.4, 0.5) is 0 Å². The summed E-state index contributed by atoms with van der Waals surface area (Å²) in [5, 5.41) is 33.6. The molecule has 6 amide bonds. The fraction of sp³-hybridized carbons (Fsp3) is 0.891. The van der Waals surface area contributed by atoms with Crippen molar-refractivity contribution in [3.63, 3.8) is 0 Å². The van der Waals surface area contributed by atoms with Crippen molar-refractivity contribution in [2.24, 2.45) is 46.8 Å². The number of aliphatic hydroxyl groups excluding tert-OH is 1. The van der Waals surface area contributed by atoms with E-state index in [1.807, 2.05) is 32.5 Å². The van der Waals surface area contributed by atoms with Gasteiger partial charge in [-0.25, -0.2) is 12.7 Å². The molecule has 8 N–H and O–H groups in total. The monoisotopic (exact) mass is 1120 g/mol. The molecule has 0 aromatic heterocycles. The molecule has 4 saturated heterocycles. The zero-order valence-electron chi connectivity index (χ0n) is 46.4. The van der Waals surface area contributed by atoms with Crippen molar-refractivity contribution in [1.29, 1.82) is 0 Å². The largest absolute Gasteiger partial charge is 0.391 e. The second-order valence-electron chi connectivity index (χ2n) is 25.0. The first-order valence-electron chi connectivity index (χ1n) is 29.3. The highest BCUT2D eigenvalue weighted by molar-refractivity contribution is 8.00. The van der Waals surface area contributed by atoms with Crippen LogP contribution in [0.1, 0.15) is 163 Å². The number of thioether (sulfide) groups is 2. The Labute approximate surface area is 463 Å². The van der Waals surface area contributed by atoms with Gasteiger partial charge in [-0.2, -0.15) is 0 Å². The minimum absolute atomic E-state index is 0.0662. The highest BCUT2D eigenvalue weighted by Gasteiger charge is 2.45. The van der Waals surface area contributed by atoms with E-state index in [4.69, 9.17) is 0 Å². The quantitative estimate of drug-likeness (QED) is 0.0662. The third-order valence-corrected chi connectivity index (χ3v) is 22.0. The van der Waals surface area contributed by atoms with Crippen LogP contribution >= 0.6 is 23.5 Å². The molecule has 0 spiro atoms. The Morgan fingerprint density at radius 1 is 0.711 bits per heavy atom. The van der Waals surface area contributed by atoms with Gasteiger partial charge in [-0.15, -0.1) is 23.5 Å². The van der Waals surface area contributed by atoms with Crippen LogP contribution in [0, 0.1) is 46.8 Å². The Bertz CT molecular complexity index is 2080. The molecule has 0 aromatic carbocycles. The maximum Gasteiger partial charge on any atom is 0.246 e. The van der Waals surface area contributed by atoms with Crippen LogP contribution in [-0.2, 0) is 38.8 Å². The molecule has 0 bridgehead atoms. The summed E-state index contributed by atoms with van der Waals surface area (Å²) in [5.74, 6) is 3.76. The SMILES string of the molecule is CC1NCSC1C1CCC(CNC(=O)[C@@H]2C[C@@H](O)CN2C(=O)[C@@H](NC(=O)CCCCCCCC(=O)NCC2CCCC(C3CCCC(C4CSC(NC(=O)CNC(=O)C5CCN(S(C)(=O)=O)C5)N4)C3)C2)C(C)(C)C)CC1. The lowest BCUT2D eigenvalue weighted by atomic mass is 9.67. The van der Waals surface area contributed by atoms with Crippen molar-refractivity contribution in [1.82, 2.24) is 46.4 Å². The average molecular weight is 1120 g/mol. The molecule has 7 fully saturated rings. The Balaban J connectivity index is 0.725. The van der Waals surface area contributed by atoms with E-state index in [-0.39, 0.29) is 73.4 Å². The molecule has 21 heteroatoms. The Hall–Kier alpha value is -2.69. The van der Waals surface area contributed by atoms with Gasteiger partial charge in [-0.1, -0.05) is 65.7 Å². The number of nitrogens with zero attached hydrogens (tertiary/aromatic N) is 2. The molecular weight excluding hydrogens is 1030 g/mol. The standard InChI is InChI=1S/C55H95N9O9S3/c1-35-49(75-34-59-35)38-21-19-36(20-22-38)28-57-52(70)45-27-43(65)32-64(45)53(71)50(55(2,3)4)61-47(67)18-10-8-6-7-9-17-46(66)56-29-37-13-11-14-39(25-37)40-15-12-16-41(26-40)44-33-74-54(60-44)62-48(68)30-58-51(69)42-23-24-63(31-42)76(5,72)73/h35-45,49-50,54,59-60,65H,6-34H2,1-5H3,(H,56,66)(H,57,70)(H,58,69)(H,61,67)(H,62,68)/t35?,36?,37?,38?,39?,40?,41?,42?,43-,44?,45+,49?,50-,54?/m1/s1. The first kappa shape index (κ1) is 60.9. The van der Waals surface area contributed by atoms with Crippen molar-refractivity contribution in [2.75, 3.05) is 57.2 Å². The van der Waals surface area contributed by atoms with Gasteiger partial charge in [0, 0.05) is 80.9 Å². The lowest BCUT2D eigenvalue weighted by Crippen LogP contribution is -2.58. The Morgan fingerprint density at radius 2 is 1.38 bits per heavy atom. The number of rotatable bonds is 23. The minimum atomic E-state index is -3.34. The van der Waals surface area contributed by atoms with E-state index in [1.54, 1.807) is 11.8 Å². The molecule has 4 heterocycles. The van der Waals surface area contributed by atoms with Crippen LogP contribution < -0.4 is 37.2 Å². The van der Waals surface area contributed by atoms with E-state index < -0.39 is 39.5 Å². The van der Waals surface area contributed by atoms with Gasteiger partial charge < -0.3 is 41.9 Å². The summed E-state index contributed by atoms with van der Waals surface area (Å²) in [7, 11) is -3.34. The number of likely N-dealkylation sites (tertiary alicyclic amines) is 1. The zero-order valence-corrected chi connectivity index (χ0v) is 48.9. The number of β-amino-alcohol motifs (C(OH)–C–C–N with tert-alkyl or cyclic N) is 1. The summed E-state index contributed by atoms with van der Waals surface area (Å²) >= 11 is 3.72. The molecule has 76 heavy (non-hydrogen) atoms. The van der Waals surface area contributed by atoms with Crippen LogP contribution in [0.25, 0.3) is 0 Å². The molecule has 3 aliphatic carbocycles. The summed E-state index contributed by atoms with van der Waals surface area (Å²) < 4.78 is 25.0. The first-order chi connectivity index (χ1) is 36.2. The van der Waals surface area contributed by atoms with Crippen LogP contribution in [-0.4, -0.2) is 156 Å². The van der Waals surface area contributed by atoms with Gasteiger partial charge in [-0.3, -0.25) is 34.1 Å². The van der Waals surface area contributed by atoms with Crippen molar-refractivity contribution in [3.8, 4) is 0 Å². The lowest BCUT2D eigenvalue weighted by Gasteiger charge is -2.40. The van der Waals surface area contributed by atoms with Gasteiger partial charge in [0.1, 0.15) is 17.6 Å². The second-order valence-corrected chi connectivity index (χ2v) is 29.3. The van der Waals surface area contributed by atoms with E-state index in [9.17, 15) is 42.3 Å². The number of nitrogens with one attached hydrogen (secondary N) is 7. The molecule has 432 valence electrons. The average Bonchev–Trinajstić information content (AvgIpc) is 4.24. The van der Waals surface area contributed by atoms with Gasteiger partial charge in [-0.05, 0) is 118 Å². The van der Waals surface area contributed by atoms with E-state index in [1.165, 1.54) is 60.6 Å². The maximum absolute atomic E-state index is 14.1. The normalized spacial score (nSPS) is 32.9. The van der Waals surface area contributed by atoms with Gasteiger partial charge in [0.15, 0.2) is 0 Å². The van der Waals surface area contributed by atoms with E-state index in [0.29, 0.717) is 85.2 Å². The highest BCUT2D eigenvalue weighted by Crippen LogP contribution is 2.44. The lowest BCUT2D eigenvalue weighted by molar-refractivity contribution is -0.144. The third-order valence-electron chi connectivity index (χ3n) is 18.1. The third kappa shape index (κ3) is 17.9. The van der Waals surface area contributed by atoms with Gasteiger partial charge >= 0.3 is 0 Å². The molecule has 4 aliphatic heterocycles. The van der Waals surface area contributed by atoms with Crippen molar-refractivity contribution in [2.45, 2.75) is 204 Å². The van der Waals surface area contributed by atoms with Gasteiger partial charge in [0.25, 0.3) is 0 Å². The highest BCUT2D eigenvalue weighted by atomic mass is 32.2. The smallest absolute Gasteiger partial charge is 0.246 e. The van der Waals surface area contributed by atoms with Crippen molar-refractivity contribution >= 4 is 69.0 Å². The number of sulfonamides is 1. The number of carbonyl (C=O) groups is 6. The summed E-state index contributed by atoms with van der Waals surface area (Å²) in [5.41, 5.74) is -0.818. The molecule has 7 rings (SSSR count). The van der Waals surface area contributed by atoms with Crippen molar-refractivity contribution in [3.05, 3.63) is 0 Å². The maximum atomic E-state index is 14.1. The predicted molar refractivity (Wildman–Crippen MR) is 300 cm³/mol. The number of carbonyl (C=O) groups excluding carboxylic acids is 6. The van der Waals surface area contributed by atoms with Gasteiger partial charge in [0.2, 0.25) is 45.5 Å². The summed E-state index contributed by atoms with van der Waals surface area (Å²) in [6, 6.07) is -0.754. The second kappa shape index (κ2) is 28.6. The number of aliphatic hydroxyl groups is 1. The molecule has 12 atom stereocenters. The molecule has 0 radical (unpaired) electrons. The summed E-state index contributed by atoms with van der Waals surface area (Å²) in [6.07, 6.45) is 19.9. The summed E-state index contributed by atoms with van der Waals surface area (Å²) in [6.45, 7) is 9.70. The number of unbranched alkanes of at least 4 members (excludes halogenated alkanes) is 4. The minimum Gasteiger partial charge on any atom is -0.391 e. The van der Waals surface area contributed by atoms with Gasteiger partial charge in [0.05, 0.1) is 24.8 Å². The molecular formula is C55H95N9O9S3. The fourth-order valence-electron chi connectivity index (χ4n) is 13.6. The van der Waals surface area contributed by atoms with Crippen molar-refractivity contribution < 1.29 is 42.3 Å². The number of amides is 6. The van der Waals surface area contributed by atoms with Crippen LogP contribution in [0.3, 0.4) is 0 Å². The van der Waals surface area contributed by atoms with E-state index in [2.05, 4.69) is 44.1 Å². The Kier molecular flexibility index (Phi) is 23.0. The van der Waals surface area contributed by atoms with E-state index >= 15 is 0 Å². The summed E-state index contributed by atoms with van der Waals surface area (Å²) in [4.78, 5) is 80.8. The zero-order chi connectivity index (χ0) is 54.6. The molecule has 18 nitrogen and oxygen atoms in total. The predicted octanol–water partition coefficient (Wildman–Crippen LogP) is 4.41. The number of hydrogen-bond donors (Lipinski definition) is 8. The molecule has 3 saturated carbocycles. The Morgan fingerprint density at radius 3 is 2.07 bits per heavy atom. The van der Waals surface area contributed by atoms with Crippen LogP contribution in [0.2, 0.25) is 0 Å². The fourth-order valence-corrected chi connectivity index (χ4v) is 17.2. The first-order valence-corrected chi connectivity index (χ1v) is 33.2. The van der Waals surface area contributed by atoms with E-state index in [0.717, 1.165) is 75.8 Å². The topological polar surface area (TPSA) is 247 Å². The molecule has 7 aliphatic rings. The number of hydrogen-bond acceptors (Lipinski definition) is 13.